The summed E-state index contributed by atoms with van der Waals surface area (Å²) in [7, 11) is 4.94. The zero-order chi connectivity index (χ0) is 17.1. The average Bonchev–Trinajstić information content (AvgIpc) is 2.55. The van der Waals surface area contributed by atoms with Gasteiger partial charge in [0, 0.05) is 11.5 Å². The smallest absolute Gasteiger partial charge is 0.205 e. The maximum absolute atomic E-state index is 14.5. The summed E-state index contributed by atoms with van der Waals surface area (Å²) < 4.78 is 24.8. The van der Waals surface area contributed by atoms with Crippen molar-refractivity contribution in [3.63, 3.8) is 0 Å². The minimum Gasteiger partial charge on any atom is -0.493 e. The number of ketones is 1. The molecule has 1 aromatic carbocycles. The quantitative estimate of drug-likeness (QED) is 0.378. The SMILES string of the molecule is COc1cc(P)c(F)c(C(=O)c2cnc(SC)nc2N)c1OC. The van der Waals surface area contributed by atoms with E-state index in [2.05, 4.69) is 19.2 Å². The van der Waals surface area contributed by atoms with Crippen molar-refractivity contribution in [3.05, 3.63) is 29.2 Å². The van der Waals surface area contributed by atoms with Gasteiger partial charge in [-0.05, 0) is 12.3 Å². The van der Waals surface area contributed by atoms with Crippen LogP contribution in [-0.2, 0) is 0 Å². The first-order valence-electron chi connectivity index (χ1n) is 6.35. The van der Waals surface area contributed by atoms with Crippen molar-refractivity contribution >= 4 is 37.9 Å². The largest absolute Gasteiger partial charge is 0.493 e. The van der Waals surface area contributed by atoms with Crippen LogP contribution >= 0.6 is 21.0 Å². The van der Waals surface area contributed by atoms with Crippen molar-refractivity contribution in [1.29, 1.82) is 0 Å². The number of hydrogen-bond acceptors (Lipinski definition) is 7. The molecule has 2 aromatic rings. The lowest BCUT2D eigenvalue weighted by atomic mass is 10.0. The van der Waals surface area contributed by atoms with E-state index in [1.807, 2.05) is 0 Å². The third-order valence-electron chi connectivity index (χ3n) is 3.08. The molecule has 23 heavy (non-hydrogen) atoms. The molecule has 0 saturated heterocycles. The molecule has 1 unspecified atom stereocenters. The fourth-order valence-corrected chi connectivity index (χ4v) is 2.62. The maximum Gasteiger partial charge on any atom is 0.205 e. The number of rotatable bonds is 5. The number of aromatic nitrogens is 2. The molecule has 122 valence electrons. The molecule has 1 heterocycles. The fraction of sp³-hybridized carbons (Fsp3) is 0.214. The van der Waals surface area contributed by atoms with Crippen LogP contribution in [0.2, 0.25) is 0 Å². The van der Waals surface area contributed by atoms with E-state index in [-0.39, 0.29) is 33.7 Å². The fourth-order valence-electron chi connectivity index (χ4n) is 1.98. The molecule has 6 nitrogen and oxygen atoms in total. The number of carbonyl (C=O) groups is 1. The van der Waals surface area contributed by atoms with E-state index in [0.717, 1.165) is 0 Å². The van der Waals surface area contributed by atoms with Crippen molar-refractivity contribution in [1.82, 2.24) is 9.97 Å². The van der Waals surface area contributed by atoms with Crippen molar-refractivity contribution < 1.29 is 18.7 Å². The van der Waals surface area contributed by atoms with Gasteiger partial charge in [-0.2, -0.15) is 0 Å². The number of ether oxygens (including phenoxy) is 2. The number of thioether (sulfide) groups is 1. The predicted molar refractivity (Wildman–Crippen MR) is 90.5 cm³/mol. The molecule has 0 radical (unpaired) electrons. The molecule has 0 fully saturated rings. The molecule has 9 heteroatoms. The van der Waals surface area contributed by atoms with E-state index in [0.29, 0.717) is 5.16 Å². The summed E-state index contributed by atoms with van der Waals surface area (Å²) in [6.45, 7) is 0. The number of nitrogens with two attached hydrogens (primary N) is 1. The normalized spacial score (nSPS) is 10.5. The lowest BCUT2D eigenvalue weighted by Gasteiger charge is -2.15. The first-order valence-corrected chi connectivity index (χ1v) is 8.15. The Labute approximate surface area is 139 Å². The van der Waals surface area contributed by atoms with E-state index in [9.17, 15) is 9.18 Å². The highest BCUT2D eigenvalue weighted by Gasteiger charge is 2.27. The summed E-state index contributed by atoms with van der Waals surface area (Å²) in [5, 5.41) is 0.593. The Balaban J connectivity index is 2.66. The molecule has 0 aliphatic carbocycles. The zero-order valence-corrected chi connectivity index (χ0v) is 14.7. The van der Waals surface area contributed by atoms with Crippen molar-refractivity contribution in [2.75, 3.05) is 26.2 Å². The predicted octanol–water partition coefficient (Wildman–Crippen LogP) is 1.67. The Hall–Kier alpha value is -1.92. The molecule has 0 bridgehead atoms. The van der Waals surface area contributed by atoms with Crippen molar-refractivity contribution in [2.45, 2.75) is 5.16 Å². The molecule has 1 atom stereocenters. The Bertz CT molecular complexity index is 773. The van der Waals surface area contributed by atoms with Gasteiger partial charge in [-0.25, -0.2) is 14.4 Å². The van der Waals surface area contributed by atoms with Gasteiger partial charge < -0.3 is 15.2 Å². The van der Waals surface area contributed by atoms with E-state index in [1.54, 1.807) is 6.26 Å². The topological polar surface area (TPSA) is 87.3 Å². The molecule has 0 spiro atoms. The number of nitrogens with zero attached hydrogens (tertiary/aromatic N) is 2. The number of nitrogen functional groups attached to an aromatic ring is 1. The molecule has 0 aliphatic rings. The lowest BCUT2D eigenvalue weighted by Crippen LogP contribution is -2.16. The van der Waals surface area contributed by atoms with Crippen LogP contribution < -0.4 is 20.5 Å². The van der Waals surface area contributed by atoms with Gasteiger partial charge in [-0.1, -0.05) is 11.8 Å². The monoisotopic (exact) mass is 355 g/mol. The van der Waals surface area contributed by atoms with Crippen LogP contribution in [0.5, 0.6) is 11.5 Å². The van der Waals surface area contributed by atoms with E-state index in [1.165, 1.54) is 38.2 Å². The molecule has 1 aromatic heterocycles. The van der Waals surface area contributed by atoms with Crippen molar-refractivity contribution in [3.8, 4) is 11.5 Å². The third-order valence-corrected chi connectivity index (χ3v) is 4.07. The number of anilines is 1. The Kier molecular flexibility index (Phi) is 5.38. The highest BCUT2D eigenvalue weighted by Crippen LogP contribution is 2.34. The van der Waals surface area contributed by atoms with Gasteiger partial charge in [0.05, 0.1) is 19.8 Å². The number of methoxy groups -OCH3 is 2. The van der Waals surface area contributed by atoms with Gasteiger partial charge in [0.1, 0.15) is 17.2 Å². The molecule has 0 aliphatic heterocycles. The van der Waals surface area contributed by atoms with Crippen molar-refractivity contribution in [2.24, 2.45) is 0 Å². The summed E-state index contributed by atoms with van der Waals surface area (Å²) in [6, 6.07) is 1.42. The number of halogens is 1. The van der Waals surface area contributed by atoms with Crippen LogP contribution in [-0.4, -0.2) is 36.2 Å². The maximum atomic E-state index is 14.5. The van der Waals surface area contributed by atoms with Crippen LogP contribution in [0.1, 0.15) is 15.9 Å². The van der Waals surface area contributed by atoms with Crippen LogP contribution in [0.4, 0.5) is 10.2 Å². The van der Waals surface area contributed by atoms with Gasteiger partial charge in [-0.3, -0.25) is 4.79 Å². The van der Waals surface area contributed by atoms with E-state index < -0.39 is 11.6 Å². The van der Waals surface area contributed by atoms with E-state index in [4.69, 9.17) is 15.2 Å². The average molecular weight is 355 g/mol. The second-order valence-corrected chi connectivity index (χ2v) is 5.77. The van der Waals surface area contributed by atoms with Gasteiger partial charge in [0.2, 0.25) is 5.78 Å². The molecule has 2 N–H and O–H groups in total. The number of hydrogen-bond donors (Lipinski definition) is 1. The Morgan fingerprint density at radius 3 is 2.61 bits per heavy atom. The van der Waals surface area contributed by atoms with Gasteiger partial charge in [0.15, 0.2) is 16.7 Å². The molecule has 0 amide bonds. The minimum atomic E-state index is -0.731. The number of benzene rings is 1. The molecular formula is C14H15FN3O3PS. The van der Waals surface area contributed by atoms with Gasteiger partial charge in [-0.15, -0.1) is 9.24 Å². The number of carbonyl (C=O) groups excluding carboxylic acids is 1. The van der Waals surface area contributed by atoms with Gasteiger partial charge >= 0.3 is 0 Å². The van der Waals surface area contributed by atoms with E-state index >= 15 is 0 Å². The molecular weight excluding hydrogens is 340 g/mol. The zero-order valence-electron chi connectivity index (χ0n) is 12.7. The summed E-state index contributed by atoms with van der Waals surface area (Å²) in [5.41, 5.74) is 5.52. The van der Waals surface area contributed by atoms with Crippen LogP contribution in [0, 0.1) is 5.82 Å². The first kappa shape index (κ1) is 17.4. The summed E-state index contributed by atoms with van der Waals surface area (Å²) in [6.07, 6.45) is 3.05. The lowest BCUT2D eigenvalue weighted by molar-refractivity contribution is 0.103. The first-order chi connectivity index (χ1) is 10.9. The second-order valence-electron chi connectivity index (χ2n) is 4.38. The minimum absolute atomic E-state index is 0.00217. The summed E-state index contributed by atoms with van der Waals surface area (Å²) in [4.78, 5) is 20.7. The Morgan fingerprint density at radius 1 is 1.39 bits per heavy atom. The van der Waals surface area contributed by atoms with Gasteiger partial charge in [0.25, 0.3) is 0 Å². The van der Waals surface area contributed by atoms with Crippen LogP contribution in [0.15, 0.2) is 17.4 Å². The molecule has 2 rings (SSSR count). The highest BCUT2D eigenvalue weighted by atomic mass is 32.2. The standard InChI is InChI=1S/C14H15FN3O3PS/c1-20-7-4-8(22)10(15)9(12(7)21-2)11(19)6-5-17-14(23-3)18-13(6)16/h4-5H,22H2,1-3H3,(H2,16,17,18). The van der Waals surface area contributed by atoms with Crippen LogP contribution in [0.25, 0.3) is 0 Å². The van der Waals surface area contributed by atoms with Crippen LogP contribution in [0.3, 0.4) is 0 Å². The third kappa shape index (κ3) is 3.23. The Morgan fingerprint density at radius 2 is 2.09 bits per heavy atom. The second kappa shape index (κ2) is 7.10. The summed E-state index contributed by atoms with van der Waals surface area (Å²) in [5.74, 6) is -1.20. The molecule has 0 saturated carbocycles. The summed E-state index contributed by atoms with van der Waals surface area (Å²) >= 11 is 1.28. The highest BCUT2D eigenvalue weighted by molar-refractivity contribution is 7.98.